The third kappa shape index (κ3) is 16.4. The summed E-state index contributed by atoms with van der Waals surface area (Å²) in [5, 5.41) is 30.2. The Labute approximate surface area is 467 Å². The van der Waals surface area contributed by atoms with Crippen LogP contribution in [0, 0.1) is 23.7 Å². The van der Waals surface area contributed by atoms with Crippen molar-refractivity contribution < 1.29 is 58.1 Å². The number of hydrogen-bond acceptors (Lipinski definition) is 12. The van der Waals surface area contributed by atoms with Gasteiger partial charge in [0.05, 0.1) is 5.60 Å². The Balaban J connectivity index is 1.97. The van der Waals surface area contributed by atoms with Crippen LogP contribution in [0.2, 0.25) is 0 Å². The van der Waals surface area contributed by atoms with Gasteiger partial charge in [-0.1, -0.05) is 122 Å². The monoisotopic (exact) mass is 1100 g/mol. The number of nitrogens with zero attached hydrogens (tertiary/aromatic N) is 5. The number of aliphatic hydroxyl groups is 2. The molecule has 8 amide bonds. The minimum Gasteiger partial charge on any atom is -0.450 e. The summed E-state index contributed by atoms with van der Waals surface area (Å²) in [5.41, 5.74) is -0.614. The van der Waals surface area contributed by atoms with Gasteiger partial charge in [0.25, 0.3) is 5.91 Å². The molecule has 2 aromatic carbocycles. The number of rotatable bonds is 14. The summed E-state index contributed by atoms with van der Waals surface area (Å²) in [7, 11) is 5.55. The zero-order valence-electron chi connectivity index (χ0n) is 49.1. The van der Waals surface area contributed by atoms with Gasteiger partial charge >= 0.3 is 5.97 Å². The predicted octanol–water partition coefficient (Wildman–Crippen LogP) is 3.10. The number of carbonyl (C=O) groups excluding carboxylic acids is 9. The molecule has 0 bridgehead atoms. The van der Waals surface area contributed by atoms with Gasteiger partial charge in [-0.3, -0.25) is 38.4 Å². The first-order valence-corrected chi connectivity index (χ1v) is 28.0. The van der Waals surface area contributed by atoms with E-state index < -0.39 is 137 Å². The highest BCUT2D eigenvalue weighted by atomic mass is 16.6. The predicted molar refractivity (Wildman–Crippen MR) is 298 cm³/mol. The lowest BCUT2D eigenvalue weighted by Crippen LogP contribution is -2.63. The van der Waals surface area contributed by atoms with Gasteiger partial charge in [0.15, 0.2) is 12.1 Å². The molecule has 2 saturated heterocycles. The molecular weight excluding hydrogens is 1010 g/mol. The van der Waals surface area contributed by atoms with Crippen LogP contribution in [0.5, 0.6) is 0 Å². The fourth-order valence-corrected chi connectivity index (χ4v) is 10.8. The number of hydrogen-bond donors (Lipinski definition) is 5. The maximum atomic E-state index is 15.3. The molecule has 0 aliphatic carbocycles. The first-order valence-electron chi connectivity index (χ1n) is 28.0. The lowest BCUT2D eigenvalue weighted by Gasteiger charge is -2.39. The van der Waals surface area contributed by atoms with Crippen molar-refractivity contribution >= 4 is 53.2 Å². The molecule has 20 heteroatoms. The zero-order chi connectivity index (χ0) is 59.2. The maximum absolute atomic E-state index is 15.3. The van der Waals surface area contributed by atoms with Crippen LogP contribution in [0.1, 0.15) is 119 Å². The molecule has 0 radical (unpaired) electrons. The van der Waals surface area contributed by atoms with Gasteiger partial charge in [-0.15, -0.1) is 0 Å². The number of ether oxygens (including phenoxy) is 1. The second-order valence-corrected chi connectivity index (χ2v) is 22.9. The number of nitrogens with one attached hydrogen (secondary N) is 3. The first-order chi connectivity index (χ1) is 37.1. The maximum Gasteiger partial charge on any atom is 0.332 e. The van der Waals surface area contributed by atoms with E-state index in [1.807, 2.05) is 43.3 Å². The largest absolute Gasteiger partial charge is 0.450 e. The van der Waals surface area contributed by atoms with Crippen molar-refractivity contribution in [3.8, 4) is 0 Å². The molecule has 4 rings (SSSR count). The van der Waals surface area contributed by atoms with E-state index in [2.05, 4.69) is 16.0 Å². The molecule has 0 unspecified atom stereocenters. The van der Waals surface area contributed by atoms with Crippen molar-refractivity contribution in [1.29, 1.82) is 0 Å². The lowest BCUT2D eigenvalue weighted by atomic mass is 9.94. The van der Waals surface area contributed by atoms with E-state index >= 15 is 9.59 Å². The van der Waals surface area contributed by atoms with E-state index in [1.165, 1.54) is 56.7 Å². The van der Waals surface area contributed by atoms with E-state index in [-0.39, 0.29) is 45.3 Å². The fourth-order valence-electron chi connectivity index (χ4n) is 10.8. The Morgan fingerprint density at radius 3 is 1.59 bits per heavy atom. The van der Waals surface area contributed by atoms with Crippen LogP contribution in [0.25, 0.3) is 0 Å². The average molecular weight is 1100 g/mol. The smallest absolute Gasteiger partial charge is 0.332 e. The van der Waals surface area contributed by atoms with E-state index in [4.69, 9.17) is 4.74 Å². The molecule has 2 aliphatic heterocycles. The Bertz CT molecular complexity index is 2420. The second-order valence-electron chi connectivity index (χ2n) is 22.9. The third-order valence-corrected chi connectivity index (χ3v) is 15.8. The van der Waals surface area contributed by atoms with Gasteiger partial charge in [0.1, 0.15) is 42.3 Å². The molecule has 2 heterocycles. The number of likely N-dealkylation sites (N-methyl/N-ethyl adjacent to an activating group) is 4. The van der Waals surface area contributed by atoms with Gasteiger partial charge in [-0.25, -0.2) is 4.79 Å². The minimum atomic E-state index is -2.01. The number of aliphatic hydroxyl groups excluding tert-OH is 1. The van der Waals surface area contributed by atoms with Crippen molar-refractivity contribution in [2.45, 2.75) is 181 Å². The normalized spacial score (nSPS) is 26.4. The molecule has 2 aromatic rings. The minimum absolute atomic E-state index is 0.0178. The summed E-state index contributed by atoms with van der Waals surface area (Å²) in [4.78, 5) is 140. The Morgan fingerprint density at radius 2 is 1.10 bits per heavy atom. The van der Waals surface area contributed by atoms with Crippen LogP contribution in [-0.4, -0.2) is 189 Å². The molecule has 20 nitrogen and oxygen atoms in total. The highest BCUT2D eigenvalue weighted by Gasteiger charge is 2.48. The Kier molecular flexibility index (Phi) is 24.0. The fraction of sp³-hybridized carbons (Fsp3) is 0.644. The highest BCUT2D eigenvalue weighted by molar-refractivity contribution is 5.99. The Morgan fingerprint density at radius 1 is 0.608 bits per heavy atom. The van der Waals surface area contributed by atoms with Crippen LogP contribution in [-0.2, 0) is 60.7 Å². The van der Waals surface area contributed by atoms with Crippen molar-refractivity contribution in [1.82, 2.24) is 40.4 Å². The molecule has 0 saturated carbocycles. The van der Waals surface area contributed by atoms with E-state index in [0.29, 0.717) is 24.8 Å². The van der Waals surface area contributed by atoms with Gasteiger partial charge < -0.3 is 55.4 Å². The van der Waals surface area contributed by atoms with Gasteiger partial charge in [-0.2, -0.15) is 0 Å². The summed E-state index contributed by atoms with van der Waals surface area (Å²) in [5.74, 6) is -8.91. The van der Waals surface area contributed by atoms with Crippen molar-refractivity contribution in [3.63, 3.8) is 0 Å². The summed E-state index contributed by atoms with van der Waals surface area (Å²) >= 11 is 0. The topological polar surface area (TPSA) is 256 Å². The molecular formula is C59H90N8O12. The summed E-state index contributed by atoms with van der Waals surface area (Å²) in [6.45, 7) is 16.3. The number of amides is 8. The molecule has 79 heavy (non-hydrogen) atoms. The lowest BCUT2D eigenvalue weighted by molar-refractivity contribution is -0.177. The second kappa shape index (κ2) is 29.2. The van der Waals surface area contributed by atoms with Crippen molar-refractivity contribution in [2.75, 3.05) is 41.3 Å². The van der Waals surface area contributed by atoms with Crippen molar-refractivity contribution in [3.05, 3.63) is 71.8 Å². The molecule has 2 aliphatic rings. The van der Waals surface area contributed by atoms with E-state index in [9.17, 15) is 43.8 Å². The number of benzene rings is 2. The zero-order valence-corrected chi connectivity index (χ0v) is 49.1. The van der Waals surface area contributed by atoms with Crippen LogP contribution in [0.15, 0.2) is 60.7 Å². The SMILES string of the molecule is CC[C@@H](C)[C@@H]1OC(=O)[C@H](C(C)(C)O)N(C)C(=O)[C@H](CCCO)NC(=O)[C@H](C(C)C)N(C)C(=O)[C@@H]([C@H](C)CC)NC(=O)[C@@H]2CCCN2C(=O)[C@H](Cc2ccccc2)N(C)C(=O)[C@H](Cc2ccccc2)NC(=O)[C@H](C(C)C)N(C)C1=O. The van der Waals surface area contributed by atoms with E-state index in [0.717, 1.165) is 15.4 Å². The quantitative estimate of drug-likeness (QED) is 0.171. The number of fused-ring (bicyclic) bond motifs is 1. The number of carbonyl (C=O) groups is 9. The van der Waals surface area contributed by atoms with Crippen LogP contribution in [0.4, 0.5) is 0 Å². The molecule has 0 aromatic heterocycles. The summed E-state index contributed by atoms with van der Waals surface area (Å²) in [6, 6.07) is 7.69. The van der Waals surface area contributed by atoms with Crippen molar-refractivity contribution in [2.24, 2.45) is 23.7 Å². The molecule has 2 fully saturated rings. The van der Waals surface area contributed by atoms with Gasteiger partial charge in [0, 0.05) is 60.1 Å². The summed E-state index contributed by atoms with van der Waals surface area (Å²) in [6.07, 6.45) is -0.208. The average Bonchev–Trinajstić information content (AvgIpc) is 3.91. The number of cyclic esters (lactones) is 1. The third-order valence-electron chi connectivity index (χ3n) is 15.8. The van der Waals surface area contributed by atoms with Crippen LogP contribution < -0.4 is 16.0 Å². The number of esters is 1. The molecule has 0 spiro atoms. The standard InChI is InChI=1S/C59H90N8O12/c1-15-37(7)45-56(75)64(12)46(35(3)4)51(70)60-41(29-24-32-68)53(72)66(14)49(59(9,10)78)58(77)79-48(38(8)16-2)57(76)65(13)47(36(5)6)52(71)61-42(33-39-25-19-17-20-26-39)54(73)63(11)44(34-40-27-21-18-22-28-40)55(74)67-31-23-30-43(67)50(69)62-45/h17-22,25-28,35-38,41-49,68,78H,15-16,23-24,29-34H2,1-14H3,(H,60,70)(H,61,71)(H,62,69)/t37-,38-,41+,42+,43+,44+,45-,46+,47+,48+,49-/m1/s1. The first kappa shape index (κ1) is 65.1. The molecule has 11 atom stereocenters. The Hall–Kier alpha value is -6.41. The molecule has 438 valence electrons. The van der Waals surface area contributed by atoms with E-state index in [1.54, 1.807) is 72.7 Å². The highest BCUT2D eigenvalue weighted by Crippen LogP contribution is 2.27. The summed E-state index contributed by atoms with van der Waals surface area (Å²) < 4.78 is 6.05. The van der Waals surface area contributed by atoms with Crippen LogP contribution in [0.3, 0.4) is 0 Å². The van der Waals surface area contributed by atoms with Crippen LogP contribution >= 0.6 is 0 Å². The van der Waals surface area contributed by atoms with Gasteiger partial charge in [-0.05, 0) is 74.8 Å². The molecule has 5 N–H and O–H groups in total. The van der Waals surface area contributed by atoms with Gasteiger partial charge in [0.2, 0.25) is 41.4 Å².